The Balaban J connectivity index is 1.86. The molecule has 138 valence electrons. The summed E-state index contributed by atoms with van der Waals surface area (Å²) in [4.78, 5) is 17.2. The molecular weight excluding hydrogens is 392 g/mol. The summed E-state index contributed by atoms with van der Waals surface area (Å²) in [5.41, 5.74) is 0.0705. The number of amides is 1. The minimum atomic E-state index is -0.903. The van der Waals surface area contributed by atoms with E-state index in [0.29, 0.717) is 10.1 Å². The summed E-state index contributed by atoms with van der Waals surface area (Å²) in [6.45, 7) is 3.70. The van der Waals surface area contributed by atoms with Crippen molar-refractivity contribution in [1.82, 2.24) is 0 Å². The zero-order chi connectivity index (χ0) is 19.8. The first-order valence-electron chi connectivity index (χ1n) is 7.94. The van der Waals surface area contributed by atoms with Crippen molar-refractivity contribution < 1.29 is 13.6 Å². The van der Waals surface area contributed by atoms with Crippen LogP contribution in [-0.2, 0) is 4.79 Å². The second-order valence-corrected chi connectivity index (χ2v) is 8.54. The van der Waals surface area contributed by atoms with Gasteiger partial charge in [-0.1, -0.05) is 35.5 Å². The Morgan fingerprint density at radius 3 is 2.56 bits per heavy atom. The molecule has 3 rings (SSSR count). The van der Waals surface area contributed by atoms with Gasteiger partial charge in [-0.2, -0.15) is 5.26 Å². The van der Waals surface area contributed by atoms with Crippen LogP contribution in [0.2, 0.25) is 5.02 Å². The number of nitriles is 1. The molecule has 4 nitrogen and oxygen atoms in total. The number of halogens is 3. The van der Waals surface area contributed by atoms with Crippen LogP contribution in [0.1, 0.15) is 25.0 Å². The molecular formula is C19H14ClF2N3OS. The van der Waals surface area contributed by atoms with Crippen molar-refractivity contribution in [3.63, 3.8) is 0 Å². The quantitative estimate of drug-likeness (QED) is 0.799. The van der Waals surface area contributed by atoms with Gasteiger partial charge in [-0.15, -0.1) is 0 Å². The van der Waals surface area contributed by atoms with Crippen molar-refractivity contribution in [2.45, 2.75) is 24.6 Å². The molecule has 1 aliphatic rings. The number of carbonyl (C=O) groups excluding carboxylic acids is 1. The van der Waals surface area contributed by atoms with Crippen LogP contribution in [-0.4, -0.2) is 21.7 Å². The highest BCUT2D eigenvalue weighted by Gasteiger charge is 2.42. The SMILES string of the molecule is CC1(C)SC(c2ccc(Cl)cc2)=NC1C(=O)Nc1cc(F)c(C#N)cc1F. The van der Waals surface area contributed by atoms with Crippen LogP contribution in [0.15, 0.2) is 41.4 Å². The van der Waals surface area contributed by atoms with E-state index in [1.807, 2.05) is 13.8 Å². The van der Waals surface area contributed by atoms with Crippen LogP contribution in [0.3, 0.4) is 0 Å². The van der Waals surface area contributed by atoms with E-state index in [1.54, 1.807) is 30.3 Å². The monoisotopic (exact) mass is 405 g/mol. The Labute approximate surface area is 164 Å². The van der Waals surface area contributed by atoms with Gasteiger partial charge in [0.1, 0.15) is 23.7 Å². The molecule has 1 N–H and O–H groups in total. The van der Waals surface area contributed by atoms with E-state index in [4.69, 9.17) is 16.9 Å². The van der Waals surface area contributed by atoms with Crippen molar-refractivity contribution >= 4 is 40.0 Å². The van der Waals surface area contributed by atoms with E-state index in [9.17, 15) is 13.6 Å². The van der Waals surface area contributed by atoms with Crippen LogP contribution >= 0.6 is 23.4 Å². The number of aliphatic imine (C=N–C) groups is 1. The molecule has 0 bridgehead atoms. The first-order chi connectivity index (χ1) is 12.7. The lowest BCUT2D eigenvalue weighted by molar-refractivity contribution is -0.117. The van der Waals surface area contributed by atoms with Crippen LogP contribution in [0.4, 0.5) is 14.5 Å². The predicted octanol–water partition coefficient (Wildman–Crippen LogP) is 4.77. The Bertz CT molecular complexity index is 984. The Kier molecular flexibility index (Phi) is 5.22. The molecule has 1 aliphatic heterocycles. The van der Waals surface area contributed by atoms with Gasteiger partial charge in [0.25, 0.3) is 5.91 Å². The predicted molar refractivity (Wildman–Crippen MR) is 103 cm³/mol. The molecule has 1 amide bonds. The Morgan fingerprint density at radius 2 is 1.93 bits per heavy atom. The maximum Gasteiger partial charge on any atom is 0.250 e. The van der Waals surface area contributed by atoms with Gasteiger partial charge in [0.15, 0.2) is 0 Å². The summed E-state index contributed by atoms with van der Waals surface area (Å²) in [7, 11) is 0. The molecule has 0 aliphatic carbocycles. The van der Waals surface area contributed by atoms with E-state index in [0.717, 1.165) is 17.7 Å². The largest absolute Gasteiger partial charge is 0.322 e. The molecule has 0 saturated heterocycles. The summed E-state index contributed by atoms with van der Waals surface area (Å²) in [5.74, 6) is -2.34. The normalized spacial score (nSPS) is 17.9. The highest BCUT2D eigenvalue weighted by Crippen LogP contribution is 2.40. The maximum absolute atomic E-state index is 14.1. The van der Waals surface area contributed by atoms with Crippen molar-refractivity contribution in [2.75, 3.05) is 5.32 Å². The molecule has 8 heteroatoms. The van der Waals surface area contributed by atoms with Gasteiger partial charge in [0.2, 0.25) is 0 Å². The highest BCUT2D eigenvalue weighted by atomic mass is 35.5. The molecule has 0 radical (unpaired) electrons. The van der Waals surface area contributed by atoms with E-state index in [2.05, 4.69) is 10.3 Å². The van der Waals surface area contributed by atoms with Crippen molar-refractivity contribution in [2.24, 2.45) is 4.99 Å². The number of anilines is 1. The number of benzene rings is 2. The first kappa shape index (κ1) is 19.3. The van der Waals surface area contributed by atoms with Gasteiger partial charge >= 0.3 is 0 Å². The summed E-state index contributed by atoms with van der Waals surface area (Å²) in [5, 5.41) is 12.4. The van der Waals surface area contributed by atoms with Crippen LogP contribution in [0.5, 0.6) is 0 Å². The van der Waals surface area contributed by atoms with Gasteiger partial charge in [-0.05, 0) is 32.0 Å². The third-order valence-electron chi connectivity index (χ3n) is 4.04. The van der Waals surface area contributed by atoms with Crippen molar-refractivity contribution in [3.8, 4) is 6.07 Å². The number of thioether (sulfide) groups is 1. The topological polar surface area (TPSA) is 65.2 Å². The summed E-state index contributed by atoms with van der Waals surface area (Å²) >= 11 is 7.32. The third kappa shape index (κ3) is 3.97. The lowest BCUT2D eigenvalue weighted by atomic mass is 10.0. The second kappa shape index (κ2) is 7.29. The van der Waals surface area contributed by atoms with Crippen molar-refractivity contribution in [1.29, 1.82) is 5.26 Å². The molecule has 1 unspecified atom stereocenters. The average molecular weight is 406 g/mol. The minimum absolute atomic E-state index is 0.326. The van der Waals surface area contributed by atoms with Gasteiger partial charge in [0.05, 0.1) is 16.3 Å². The fraction of sp³-hybridized carbons (Fsp3) is 0.211. The van der Waals surface area contributed by atoms with E-state index in [1.165, 1.54) is 11.8 Å². The number of hydrogen-bond donors (Lipinski definition) is 1. The smallest absolute Gasteiger partial charge is 0.250 e. The number of hydrogen-bond acceptors (Lipinski definition) is 4. The third-order valence-corrected chi connectivity index (χ3v) is 5.57. The second-order valence-electron chi connectivity index (χ2n) is 6.46. The molecule has 1 heterocycles. The minimum Gasteiger partial charge on any atom is -0.322 e. The highest BCUT2D eigenvalue weighted by molar-refractivity contribution is 8.15. The number of carbonyl (C=O) groups is 1. The zero-order valence-electron chi connectivity index (χ0n) is 14.4. The van der Waals surface area contributed by atoms with Gasteiger partial charge < -0.3 is 5.32 Å². The number of rotatable bonds is 3. The first-order valence-corrected chi connectivity index (χ1v) is 9.13. The van der Waals surface area contributed by atoms with Gasteiger partial charge in [0, 0.05) is 21.4 Å². The molecule has 0 saturated carbocycles. The standard InChI is InChI=1S/C19H14ClF2N3OS/c1-19(2)16(25-18(27-19)10-3-5-12(20)6-4-10)17(26)24-15-8-13(21)11(9-23)7-14(15)22/h3-8,16H,1-2H3,(H,24,26). The average Bonchev–Trinajstić information content (AvgIpc) is 2.93. The van der Waals surface area contributed by atoms with Gasteiger partial charge in [-0.25, -0.2) is 8.78 Å². The molecule has 0 fully saturated rings. The summed E-state index contributed by atoms with van der Waals surface area (Å²) < 4.78 is 27.2. The van der Waals surface area contributed by atoms with E-state index >= 15 is 0 Å². The van der Waals surface area contributed by atoms with Gasteiger partial charge in [-0.3, -0.25) is 9.79 Å². The zero-order valence-corrected chi connectivity index (χ0v) is 16.0. The molecule has 0 aromatic heterocycles. The lowest BCUT2D eigenvalue weighted by Crippen LogP contribution is -2.39. The fourth-order valence-electron chi connectivity index (χ4n) is 2.63. The number of nitrogens with zero attached hydrogens (tertiary/aromatic N) is 2. The Hall–Kier alpha value is -2.43. The van der Waals surface area contributed by atoms with E-state index in [-0.39, 0.29) is 5.69 Å². The molecule has 0 spiro atoms. The maximum atomic E-state index is 14.1. The molecule has 2 aromatic carbocycles. The van der Waals surface area contributed by atoms with Crippen molar-refractivity contribution in [3.05, 3.63) is 64.2 Å². The van der Waals surface area contributed by atoms with E-state index < -0.39 is 33.9 Å². The summed E-state index contributed by atoms with van der Waals surface area (Å²) in [6, 6.07) is 9.37. The molecule has 27 heavy (non-hydrogen) atoms. The molecule has 2 aromatic rings. The molecule has 1 atom stereocenters. The van der Waals surface area contributed by atoms with Crippen LogP contribution in [0, 0.1) is 23.0 Å². The lowest BCUT2D eigenvalue weighted by Gasteiger charge is -2.23. The van der Waals surface area contributed by atoms with Crippen LogP contribution in [0.25, 0.3) is 0 Å². The fourth-order valence-corrected chi connectivity index (χ4v) is 3.94. The van der Waals surface area contributed by atoms with Crippen LogP contribution < -0.4 is 5.32 Å². The summed E-state index contributed by atoms with van der Waals surface area (Å²) in [6.07, 6.45) is 0. The Morgan fingerprint density at radius 1 is 1.26 bits per heavy atom. The number of nitrogens with one attached hydrogen (secondary N) is 1.